The van der Waals surface area contributed by atoms with Crippen molar-refractivity contribution in [1.82, 2.24) is 0 Å². The Morgan fingerprint density at radius 1 is 1.12 bits per heavy atom. The van der Waals surface area contributed by atoms with E-state index in [1.165, 1.54) is 0 Å². The number of fused-ring (bicyclic) bond motifs is 1. The Morgan fingerprint density at radius 3 is 2.52 bits per heavy atom. The molecule has 1 aliphatic rings. The van der Waals surface area contributed by atoms with E-state index in [0.29, 0.717) is 17.1 Å². The summed E-state index contributed by atoms with van der Waals surface area (Å²) in [5.41, 5.74) is 1.85. The molecule has 128 valence electrons. The van der Waals surface area contributed by atoms with Gasteiger partial charge in [0.05, 0.1) is 11.0 Å². The van der Waals surface area contributed by atoms with Crippen molar-refractivity contribution in [3.05, 3.63) is 64.9 Å². The highest BCUT2D eigenvalue weighted by Gasteiger charge is 2.29. The van der Waals surface area contributed by atoms with E-state index >= 15 is 0 Å². The van der Waals surface area contributed by atoms with Crippen molar-refractivity contribution in [3.8, 4) is 11.5 Å². The summed E-state index contributed by atoms with van der Waals surface area (Å²) in [6.45, 7) is 7.33. The predicted octanol–water partition coefficient (Wildman–Crippen LogP) is 4.56. The maximum Gasteiger partial charge on any atom is 0.316 e. The molecular formula is C21H20O4. The number of ether oxygens (including phenoxy) is 2. The summed E-state index contributed by atoms with van der Waals surface area (Å²) in [6, 6.07) is 12.6. The van der Waals surface area contributed by atoms with Crippen LogP contribution in [0.4, 0.5) is 0 Å². The smallest absolute Gasteiger partial charge is 0.316 e. The lowest BCUT2D eigenvalue weighted by atomic mass is 9.97. The van der Waals surface area contributed by atoms with E-state index in [1.54, 1.807) is 45.0 Å². The van der Waals surface area contributed by atoms with Gasteiger partial charge in [-0.3, -0.25) is 9.59 Å². The van der Waals surface area contributed by atoms with Gasteiger partial charge in [-0.2, -0.15) is 0 Å². The van der Waals surface area contributed by atoms with Gasteiger partial charge >= 0.3 is 5.97 Å². The van der Waals surface area contributed by atoms with E-state index < -0.39 is 5.41 Å². The number of carbonyl (C=O) groups is 2. The molecule has 1 aliphatic heterocycles. The zero-order valence-corrected chi connectivity index (χ0v) is 14.8. The lowest BCUT2D eigenvalue weighted by molar-refractivity contribution is -0.143. The highest BCUT2D eigenvalue weighted by Crippen LogP contribution is 2.35. The average Bonchev–Trinajstić information content (AvgIpc) is 2.84. The van der Waals surface area contributed by atoms with Crippen LogP contribution in [0.15, 0.2) is 48.2 Å². The first kappa shape index (κ1) is 17.0. The number of esters is 1. The van der Waals surface area contributed by atoms with Crippen LogP contribution < -0.4 is 9.47 Å². The quantitative estimate of drug-likeness (QED) is 0.458. The maximum atomic E-state index is 12.5. The summed E-state index contributed by atoms with van der Waals surface area (Å²) in [5, 5.41) is 0. The van der Waals surface area contributed by atoms with Gasteiger partial charge in [-0.25, -0.2) is 0 Å². The lowest BCUT2D eigenvalue weighted by Crippen LogP contribution is -2.25. The highest BCUT2D eigenvalue weighted by molar-refractivity contribution is 6.14. The number of benzene rings is 2. The number of rotatable bonds is 2. The molecule has 0 radical (unpaired) electrons. The minimum Gasteiger partial charge on any atom is -0.452 e. The topological polar surface area (TPSA) is 52.6 Å². The Kier molecular flexibility index (Phi) is 4.21. The fourth-order valence-electron chi connectivity index (χ4n) is 2.38. The molecule has 25 heavy (non-hydrogen) atoms. The van der Waals surface area contributed by atoms with Gasteiger partial charge in [0.2, 0.25) is 5.78 Å². The van der Waals surface area contributed by atoms with Crippen LogP contribution in [0.1, 0.15) is 42.3 Å². The molecule has 4 heteroatoms. The molecule has 2 aromatic rings. The Morgan fingerprint density at radius 2 is 1.84 bits per heavy atom. The summed E-state index contributed by atoms with van der Waals surface area (Å²) < 4.78 is 11.1. The van der Waals surface area contributed by atoms with E-state index in [4.69, 9.17) is 9.47 Å². The summed E-state index contributed by atoms with van der Waals surface area (Å²) in [4.78, 5) is 24.5. The molecule has 1 heterocycles. The van der Waals surface area contributed by atoms with Crippen LogP contribution in [0.2, 0.25) is 0 Å². The Balaban J connectivity index is 1.87. The van der Waals surface area contributed by atoms with Crippen LogP contribution >= 0.6 is 0 Å². The van der Waals surface area contributed by atoms with Gasteiger partial charge in [0.15, 0.2) is 5.76 Å². The van der Waals surface area contributed by atoms with E-state index in [-0.39, 0.29) is 17.5 Å². The number of carbonyl (C=O) groups excluding carboxylic acids is 2. The molecule has 0 bridgehead atoms. The lowest BCUT2D eigenvalue weighted by Gasteiger charge is -2.16. The van der Waals surface area contributed by atoms with Crippen molar-refractivity contribution in [2.45, 2.75) is 27.7 Å². The molecule has 0 saturated carbocycles. The first-order valence-corrected chi connectivity index (χ1v) is 8.12. The molecule has 0 aromatic heterocycles. The van der Waals surface area contributed by atoms with Crippen molar-refractivity contribution in [3.63, 3.8) is 0 Å². The molecule has 0 saturated heterocycles. The van der Waals surface area contributed by atoms with E-state index in [1.807, 2.05) is 31.2 Å². The zero-order valence-electron chi connectivity index (χ0n) is 14.8. The zero-order chi connectivity index (χ0) is 18.2. The van der Waals surface area contributed by atoms with Gasteiger partial charge in [-0.05, 0) is 57.0 Å². The number of allylic oxidation sites excluding steroid dienone is 1. The fraction of sp³-hybridized carbons (Fsp3) is 0.238. The normalized spacial score (nSPS) is 15.0. The van der Waals surface area contributed by atoms with Crippen molar-refractivity contribution in [2.75, 3.05) is 0 Å². The molecule has 0 spiro atoms. The maximum absolute atomic E-state index is 12.5. The Bertz CT molecular complexity index is 885. The molecule has 0 atom stereocenters. The van der Waals surface area contributed by atoms with Crippen LogP contribution in [0.25, 0.3) is 6.08 Å². The predicted molar refractivity (Wildman–Crippen MR) is 95.6 cm³/mol. The van der Waals surface area contributed by atoms with Gasteiger partial charge in [0.1, 0.15) is 11.5 Å². The largest absolute Gasteiger partial charge is 0.452 e. The Labute approximate surface area is 147 Å². The molecule has 0 fully saturated rings. The first-order valence-electron chi connectivity index (χ1n) is 8.12. The summed E-state index contributed by atoms with van der Waals surface area (Å²) >= 11 is 0. The molecule has 2 aromatic carbocycles. The fourth-order valence-corrected chi connectivity index (χ4v) is 2.38. The number of aryl methyl sites for hydroxylation is 1. The summed E-state index contributed by atoms with van der Waals surface area (Å²) in [5.74, 6) is 0.524. The van der Waals surface area contributed by atoms with Crippen molar-refractivity contribution in [2.24, 2.45) is 5.41 Å². The van der Waals surface area contributed by atoms with Gasteiger partial charge in [-0.15, -0.1) is 0 Å². The molecular weight excluding hydrogens is 316 g/mol. The van der Waals surface area contributed by atoms with Crippen LogP contribution in [0, 0.1) is 12.3 Å². The number of hydrogen-bond acceptors (Lipinski definition) is 4. The molecule has 3 rings (SSSR count). The first-order chi connectivity index (χ1) is 11.8. The standard InChI is InChI=1S/C21H20O4/c1-13-7-5-6-8-14(13)11-18-19(22)16-10-9-15(12-17(16)25-18)24-20(23)21(2,3)4/h5-12H,1-4H3/b18-11-. The SMILES string of the molecule is Cc1ccccc1/C=C1\Oc2cc(OC(=O)C(C)(C)C)ccc2C1=O. The minimum absolute atomic E-state index is 0.174. The number of hydrogen-bond donors (Lipinski definition) is 0. The average molecular weight is 336 g/mol. The molecule has 0 aliphatic carbocycles. The van der Waals surface area contributed by atoms with Crippen molar-refractivity contribution in [1.29, 1.82) is 0 Å². The van der Waals surface area contributed by atoms with Gasteiger partial charge < -0.3 is 9.47 Å². The second kappa shape index (κ2) is 6.20. The second-order valence-electron chi connectivity index (χ2n) is 7.09. The summed E-state index contributed by atoms with van der Waals surface area (Å²) in [6.07, 6.45) is 1.73. The third-order valence-electron chi connectivity index (χ3n) is 3.94. The van der Waals surface area contributed by atoms with E-state index in [0.717, 1.165) is 11.1 Å². The monoisotopic (exact) mass is 336 g/mol. The van der Waals surface area contributed by atoms with E-state index in [9.17, 15) is 9.59 Å². The van der Waals surface area contributed by atoms with Gasteiger partial charge in [0, 0.05) is 6.07 Å². The molecule has 0 unspecified atom stereocenters. The van der Waals surface area contributed by atoms with Crippen LogP contribution in [0.5, 0.6) is 11.5 Å². The van der Waals surface area contributed by atoms with Crippen LogP contribution in [0.3, 0.4) is 0 Å². The van der Waals surface area contributed by atoms with Crippen molar-refractivity contribution >= 4 is 17.8 Å². The van der Waals surface area contributed by atoms with Crippen LogP contribution in [-0.2, 0) is 4.79 Å². The highest BCUT2D eigenvalue weighted by atomic mass is 16.5. The molecule has 4 nitrogen and oxygen atoms in total. The molecule has 0 N–H and O–H groups in total. The van der Waals surface area contributed by atoms with Crippen molar-refractivity contribution < 1.29 is 19.1 Å². The third kappa shape index (κ3) is 3.48. The number of ketones is 1. The van der Waals surface area contributed by atoms with Gasteiger partial charge in [-0.1, -0.05) is 24.3 Å². The summed E-state index contributed by atoms with van der Waals surface area (Å²) in [7, 11) is 0. The minimum atomic E-state index is -0.606. The third-order valence-corrected chi connectivity index (χ3v) is 3.94. The second-order valence-corrected chi connectivity index (χ2v) is 7.09. The molecule has 0 amide bonds. The number of Topliss-reactive ketones (excluding diaryl/α,β-unsaturated/α-hetero) is 1. The van der Waals surface area contributed by atoms with E-state index in [2.05, 4.69) is 0 Å². The van der Waals surface area contributed by atoms with Crippen LogP contribution in [-0.4, -0.2) is 11.8 Å². The Hall–Kier alpha value is -2.88. The van der Waals surface area contributed by atoms with Gasteiger partial charge in [0.25, 0.3) is 0 Å².